The smallest absolute Gasteiger partial charge is 0.219 e. The molecule has 0 saturated carbocycles. The third kappa shape index (κ3) is 14.6. The number of amides is 2. The van der Waals surface area contributed by atoms with Gasteiger partial charge < -0.3 is 38.2 Å². The molecule has 10 heteroatoms. The Hall–Kier alpha value is -1.30. The lowest BCUT2D eigenvalue weighted by molar-refractivity contribution is -0.131. The standard InChI is InChI=1S/C20H38N2O8/c1-19(23)21-3-7-25-11-15-29-17-13-27-9-5-22(20(2)24)6-10-28-14-18-30-16-12-26-8-4-21/h3-18H2,1-2H3. The molecular weight excluding hydrogens is 396 g/mol. The maximum atomic E-state index is 11.7. The summed E-state index contributed by atoms with van der Waals surface area (Å²) in [4.78, 5) is 26.8. The zero-order valence-corrected chi connectivity index (χ0v) is 18.5. The van der Waals surface area contributed by atoms with Crippen molar-refractivity contribution in [3.63, 3.8) is 0 Å². The van der Waals surface area contributed by atoms with E-state index >= 15 is 0 Å². The highest BCUT2D eigenvalue weighted by molar-refractivity contribution is 5.73. The van der Waals surface area contributed by atoms with Crippen LogP contribution in [0.25, 0.3) is 0 Å². The Kier molecular flexibility index (Phi) is 16.5. The molecule has 0 radical (unpaired) electrons. The molecule has 0 aromatic carbocycles. The van der Waals surface area contributed by atoms with Gasteiger partial charge in [-0.15, -0.1) is 0 Å². The van der Waals surface area contributed by atoms with E-state index in [-0.39, 0.29) is 11.8 Å². The van der Waals surface area contributed by atoms with Crippen LogP contribution < -0.4 is 0 Å². The topological polar surface area (TPSA) is 96.0 Å². The highest BCUT2D eigenvalue weighted by Gasteiger charge is 2.09. The van der Waals surface area contributed by atoms with Crippen LogP contribution >= 0.6 is 0 Å². The molecular formula is C20H38N2O8. The summed E-state index contributed by atoms with van der Waals surface area (Å²) in [6.07, 6.45) is 0. The Labute approximate surface area is 179 Å². The van der Waals surface area contributed by atoms with Gasteiger partial charge in [-0.3, -0.25) is 9.59 Å². The largest absolute Gasteiger partial charge is 0.377 e. The Balaban J connectivity index is 2.32. The minimum atomic E-state index is -0.00576. The monoisotopic (exact) mass is 434 g/mol. The van der Waals surface area contributed by atoms with Gasteiger partial charge in [0.15, 0.2) is 0 Å². The number of rotatable bonds is 0. The molecule has 1 aliphatic heterocycles. The Morgan fingerprint density at radius 2 is 0.633 bits per heavy atom. The van der Waals surface area contributed by atoms with E-state index in [0.29, 0.717) is 105 Å². The molecule has 0 bridgehead atoms. The van der Waals surface area contributed by atoms with E-state index in [0.717, 1.165) is 0 Å². The van der Waals surface area contributed by atoms with E-state index in [1.807, 2.05) is 0 Å². The fraction of sp³-hybridized carbons (Fsp3) is 0.900. The summed E-state index contributed by atoms with van der Waals surface area (Å²) in [5.74, 6) is -0.0115. The van der Waals surface area contributed by atoms with Crippen LogP contribution in [0.3, 0.4) is 0 Å². The normalized spacial score (nSPS) is 21.5. The van der Waals surface area contributed by atoms with Crippen LogP contribution in [0.1, 0.15) is 13.8 Å². The van der Waals surface area contributed by atoms with Crippen LogP contribution in [0.2, 0.25) is 0 Å². The first-order valence-corrected chi connectivity index (χ1v) is 10.6. The second-order valence-corrected chi connectivity index (χ2v) is 6.69. The molecule has 1 rings (SSSR count). The highest BCUT2D eigenvalue weighted by Crippen LogP contribution is 1.94. The zero-order valence-electron chi connectivity index (χ0n) is 18.5. The summed E-state index contributed by atoms with van der Waals surface area (Å²) in [6.45, 7) is 10.6. The predicted molar refractivity (Wildman–Crippen MR) is 109 cm³/mol. The van der Waals surface area contributed by atoms with Crippen LogP contribution in [-0.4, -0.2) is 127 Å². The van der Waals surface area contributed by atoms with Crippen LogP contribution in [-0.2, 0) is 38.0 Å². The molecule has 0 atom stereocenters. The van der Waals surface area contributed by atoms with Crippen molar-refractivity contribution in [2.75, 3.05) is 105 Å². The molecule has 1 aliphatic rings. The van der Waals surface area contributed by atoms with Crippen molar-refractivity contribution in [2.24, 2.45) is 0 Å². The number of hydrogen-bond donors (Lipinski definition) is 0. The van der Waals surface area contributed by atoms with E-state index in [4.69, 9.17) is 28.4 Å². The van der Waals surface area contributed by atoms with Gasteiger partial charge in [-0.2, -0.15) is 0 Å². The number of ether oxygens (including phenoxy) is 6. The van der Waals surface area contributed by atoms with Crippen molar-refractivity contribution in [1.82, 2.24) is 9.80 Å². The van der Waals surface area contributed by atoms with Gasteiger partial charge in [0.25, 0.3) is 0 Å². The summed E-state index contributed by atoms with van der Waals surface area (Å²) < 4.78 is 33.0. The molecule has 0 aliphatic carbocycles. The molecule has 176 valence electrons. The fourth-order valence-electron chi connectivity index (χ4n) is 2.64. The molecule has 1 saturated heterocycles. The molecule has 10 nitrogen and oxygen atoms in total. The highest BCUT2D eigenvalue weighted by atomic mass is 16.5. The van der Waals surface area contributed by atoms with Crippen LogP contribution in [0, 0.1) is 0 Å². The Morgan fingerprint density at radius 3 is 0.833 bits per heavy atom. The molecule has 0 spiro atoms. The summed E-state index contributed by atoms with van der Waals surface area (Å²) in [6, 6.07) is 0. The van der Waals surface area contributed by atoms with Crippen molar-refractivity contribution in [3.8, 4) is 0 Å². The van der Waals surface area contributed by atoms with E-state index in [1.54, 1.807) is 9.80 Å². The van der Waals surface area contributed by atoms with Crippen molar-refractivity contribution < 1.29 is 38.0 Å². The molecule has 1 fully saturated rings. The van der Waals surface area contributed by atoms with Gasteiger partial charge in [-0.25, -0.2) is 0 Å². The lowest BCUT2D eigenvalue weighted by Gasteiger charge is -2.21. The van der Waals surface area contributed by atoms with Gasteiger partial charge >= 0.3 is 0 Å². The molecule has 0 aromatic heterocycles. The van der Waals surface area contributed by atoms with Gasteiger partial charge in [-0.05, 0) is 0 Å². The zero-order chi connectivity index (χ0) is 21.9. The second kappa shape index (κ2) is 18.5. The third-order valence-electron chi connectivity index (χ3n) is 4.40. The first-order chi connectivity index (χ1) is 14.6. The number of carbonyl (C=O) groups is 2. The van der Waals surface area contributed by atoms with E-state index in [2.05, 4.69) is 0 Å². The van der Waals surface area contributed by atoms with Crippen molar-refractivity contribution in [2.45, 2.75) is 13.8 Å². The summed E-state index contributed by atoms with van der Waals surface area (Å²) in [7, 11) is 0. The van der Waals surface area contributed by atoms with Crippen LogP contribution in [0.15, 0.2) is 0 Å². The van der Waals surface area contributed by atoms with Gasteiger partial charge in [0.2, 0.25) is 11.8 Å². The first kappa shape index (κ1) is 26.7. The number of hydrogen-bond acceptors (Lipinski definition) is 8. The average Bonchev–Trinajstić information content (AvgIpc) is 2.71. The summed E-state index contributed by atoms with van der Waals surface area (Å²) >= 11 is 0. The Morgan fingerprint density at radius 1 is 0.433 bits per heavy atom. The molecule has 0 N–H and O–H groups in total. The SMILES string of the molecule is CC(=O)N1CCOCCOCCOCCN(C(C)=O)CCOCCOCCOCC1. The lowest BCUT2D eigenvalue weighted by Crippen LogP contribution is -2.35. The van der Waals surface area contributed by atoms with Gasteiger partial charge in [-0.1, -0.05) is 0 Å². The van der Waals surface area contributed by atoms with E-state index in [1.165, 1.54) is 13.8 Å². The predicted octanol–water partition coefficient (Wildman–Crippen LogP) is -0.203. The van der Waals surface area contributed by atoms with Crippen LogP contribution in [0.4, 0.5) is 0 Å². The van der Waals surface area contributed by atoms with Crippen molar-refractivity contribution in [3.05, 3.63) is 0 Å². The van der Waals surface area contributed by atoms with Gasteiger partial charge in [0, 0.05) is 40.0 Å². The summed E-state index contributed by atoms with van der Waals surface area (Å²) in [5, 5.41) is 0. The molecule has 1 heterocycles. The third-order valence-corrected chi connectivity index (χ3v) is 4.40. The minimum Gasteiger partial charge on any atom is -0.377 e. The van der Waals surface area contributed by atoms with Gasteiger partial charge in [0.1, 0.15) is 0 Å². The fourth-order valence-corrected chi connectivity index (χ4v) is 2.64. The van der Waals surface area contributed by atoms with Crippen LogP contribution in [0.5, 0.6) is 0 Å². The number of nitrogens with zero attached hydrogens (tertiary/aromatic N) is 2. The van der Waals surface area contributed by atoms with Crippen molar-refractivity contribution >= 4 is 11.8 Å². The second-order valence-electron chi connectivity index (χ2n) is 6.69. The van der Waals surface area contributed by atoms with Crippen molar-refractivity contribution in [1.29, 1.82) is 0 Å². The molecule has 0 unspecified atom stereocenters. The molecule has 2 amide bonds. The van der Waals surface area contributed by atoms with Gasteiger partial charge in [0.05, 0.1) is 79.3 Å². The molecule has 30 heavy (non-hydrogen) atoms. The van der Waals surface area contributed by atoms with E-state index < -0.39 is 0 Å². The maximum absolute atomic E-state index is 11.7. The maximum Gasteiger partial charge on any atom is 0.219 e. The quantitative estimate of drug-likeness (QED) is 0.517. The summed E-state index contributed by atoms with van der Waals surface area (Å²) in [5.41, 5.74) is 0. The molecule has 0 aromatic rings. The number of carbonyl (C=O) groups excluding carboxylic acids is 2. The van der Waals surface area contributed by atoms with E-state index in [9.17, 15) is 9.59 Å². The minimum absolute atomic E-state index is 0.00576. The first-order valence-electron chi connectivity index (χ1n) is 10.6. The Bertz CT molecular complexity index is 389. The average molecular weight is 435 g/mol. The lowest BCUT2D eigenvalue weighted by atomic mass is 10.4.